The quantitative estimate of drug-likeness (QED) is 0.425. The molecule has 3 aromatic rings. The zero-order chi connectivity index (χ0) is 24.6. The number of amides is 1. The Hall–Kier alpha value is -3.66. The Kier molecular flexibility index (Phi) is 6.06. The van der Waals surface area contributed by atoms with Crippen LogP contribution >= 0.6 is 0 Å². The topological polar surface area (TPSA) is 117 Å². The van der Waals surface area contributed by atoms with Gasteiger partial charge in [0.05, 0.1) is 5.69 Å². The van der Waals surface area contributed by atoms with Gasteiger partial charge in [-0.1, -0.05) is 20.8 Å². The third-order valence-corrected chi connectivity index (χ3v) is 5.94. The molecular weight excluding hydrogens is 447 g/mol. The van der Waals surface area contributed by atoms with Crippen molar-refractivity contribution >= 4 is 29.2 Å². The van der Waals surface area contributed by atoms with Gasteiger partial charge in [-0.25, -0.2) is 19.3 Å². The van der Waals surface area contributed by atoms with Gasteiger partial charge in [0, 0.05) is 30.4 Å². The lowest BCUT2D eigenvalue weighted by molar-refractivity contribution is 0.0951. The fraction of sp³-hybridized carbons (Fsp3) is 0.400. The fourth-order valence-corrected chi connectivity index (χ4v) is 3.82. The molecule has 0 atom stereocenters. The van der Waals surface area contributed by atoms with Crippen LogP contribution in [0.1, 0.15) is 60.9 Å². The molecule has 2 aromatic heterocycles. The summed E-state index contributed by atoms with van der Waals surface area (Å²) in [5.41, 5.74) is 2.37. The van der Waals surface area contributed by atoms with E-state index < -0.39 is 0 Å². The van der Waals surface area contributed by atoms with Gasteiger partial charge in [-0.15, -0.1) is 0 Å². The van der Waals surface area contributed by atoms with Crippen molar-refractivity contribution in [2.75, 3.05) is 17.2 Å². The highest BCUT2D eigenvalue weighted by molar-refractivity contribution is 5.99. The van der Waals surface area contributed by atoms with Crippen molar-refractivity contribution in [1.29, 1.82) is 0 Å². The first-order valence-electron chi connectivity index (χ1n) is 11.8. The Morgan fingerprint density at radius 3 is 2.71 bits per heavy atom. The summed E-state index contributed by atoms with van der Waals surface area (Å²) >= 11 is 0. The minimum absolute atomic E-state index is 0.174. The van der Waals surface area contributed by atoms with Crippen LogP contribution in [0.15, 0.2) is 30.6 Å². The average Bonchev–Trinajstić information content (AvgIpc) is 3.63. The van der Waals surface area contributed by atoms with Crippen LogP contribution in [0.25, 0.3) is 0 Å². The average molecular weight is 477 g/mol. The van der Waals surface area contributed by atoms with E-state index in [2.05, 4.69) is 41.2 Å². The summed E-state index contributed by atoms with van der Waals surface area (Å²) in [4.78, 5) is 30.6. The molecule has 1 aliphatic heterocycles. The van der Waals surface area contributed by atoms with Gasteiger partial charge in [-0.05, 0) is 55.1 Å². The number of nitrogens with one attached hydrogen (secondary N) is 4. The van der Waals surface area contributed by atoms with Crippen molar-refractivity contribution in [2.45, 2.75) is 58.0 Å². The van der Waals surface area contributed by atoms with Crippen LogP contribution in [0.4, 0.5) is 27.7 Å². The molecule has 1 aliphatic carbocycles. The molecule has 1 amide bonds. The van der Waals surface area contributed by atoms with Gasteiger partial charge in [0.15, 0.2) is 0 Å². The molecule has 10 heteroatoms. The molecule has 1 fully saturated rings. The van der Waals surface area contributed by atoms with E-state index in [-0.39, 0.29) is 40.5 Å². The molecule has 0 saturated heterocycles. The van der Waals surface area contributed by atoms with Gasteiger partial charge in [0.2, 0.25) is 5.95 Å². The number of rotatable bonds is 6. The Bertz CT molecular complexity index is 1270. The summed E-state index contributed by atoms with van der Waals surface area (Å²) in [5, 5.41) is 12.3. The van der Waals surface area contributed by atoms with E-state index in [9.17, 15) is 9.18 Å². The lowest BCUT2D eigenvalue weighted by atomic mass is 9.96. The first-order chi connectivity index (χ1) is 16.8. The van der Waals surface area contributed by atoms with Gasteiger partial charge in [-0.3, -0.25) is 4.79 Å². The molecule has 0 spiro atoms. The molecule has 4 N–H and O–H groups in total. The predicted molar refractivity (Wildman–Crippen MR) is 132 cm³/mol. The van der Waals surface area contributed by atoms with Crippen LogP contribution in [0, 0.1) is 5.82 Å². The number of fused-ring (bicyclic) bond motifs is 1. The maximum Gasteiger partial charge on any atom is 0.256 e. The Morgan fingerprint density at radius 2 is 1.94 bits per heavy atom. The van der Waals surface area contributed by atoms with Crippen LogP contribution in [-0.2, 0) is 18.4 Å². The number of carbonyl (C=O) groups excluding carboxylic acids is 1. The number of halogens is 1. The van der Waals surface area contributed by atoms with Crippen LogP contribution in [-0.4, -0.2) is 38.4 Å². The zero-order valence-electron chi connectivity index (χ0n) is 20.1. The molecule has 1 aromatic carbocycles. The normalized spacial score (nSPS) is 15.3. The summed E-state index contributed by atoms with van der Waals surface area (Å²) in [6.07, 6.45) is 5.85. The largest absolute Gasteiger partial charge is 0.349 e. The van der Waals surface area contributed by atoms with Crippen molar-refractivity contribution < 1.29 is 9.18 Å². The van der Waals surface area contributed by atoms with Crippen molar-refractivity contribution in [3.63, 3.8) is 0 Å². The molecule has 1 saturated carbocycles. The molecule has 9 nitrogen and oxygen atoms in total. The maximum absolute atomic E-state index is 14.8. The monoisotopic (exact) mass is 476 g/mol. The fourth-order valence-electron chi connectivity index (χ4n) is 3.82. The number of nitrogens with zero attached hydrogens (tertiary/aromatic N) is 4. The van der Waals surface area contributed by atoms with Crippen LogP contribution in [0.3, 0.4) is 0 Å². The second kappa shape index (κ2) is 9.18. The van der Waals surface area contributed by atoms with E-state index in [1.807, 2.05) is 20.8 Å². The summed E-state index contributed by atoms with van der Waals surface area (Å²) in [6, 6.07) is 5.23. The van der Waals surface area contributed by atoms with E-state index in [1.165, 1.54) is 12.3 Å². The summed E-state index contributed by atoms with van der Waals surface area (Å²) in [5.74, 6) is 0.966. The second-order valence-electron chi connectivity index (χ2n) is 10.00. The molecule has 0 unspecified atom stereocenters. The lowest BCUT2D eigenvalue weighted by Gasteiger charge is -2.19. The number of anilines is 4. The van der Waals surface area contributed by atoms with Gasteiger partial charge in [-0.2, -0.15) is 4.98 Å². The first-order valence-corrected chi connectivity index (χ1v) is 11.8. The van der Waals surface area contributed by atoms with Crippen molar-refractivity contribution in [2.24, 2.45) is 0 Å². The Morgan fingerprint density at radius 1 is 1.11 bits per heavy atom. The summed E-state index contributed by atoms with van der Waals surface area (Å²) in [7, 11) is 0. The van der Waals surface area contributed by atoms with Crippen LogP contribution < -0.4 is 21.3 Å². The van der Waals surface area contributed by atoms with Gasteiger partial charge < -0.3 is 21.3 Å². The standard InChI is InChI=1S/C25H29FN8O/c1-25(2,3)23-28-9-7-20(33-23)32-21-17(22(35)30-16-4-5-16)13-29-24(34-21)31-19-11-14-6-8-27-12-15(14)10-18(19)26/h7,9-11,13,16,27H,4-6,8,12H2,1-3H3,(H,30,35)(H2,28,29,31,32,33,34). The molecule has 0 radical (unpaired) electrons. The summed E-state index contributed by atoms with van der Waals surface area (Å²) in [6.45, 7) is 7.57. The Balaban J connectivity index is 1.46. The number of hydrogen-bond donors (Lipinski definition) is 4. The minimum atomic E-state index is -0.383. The highest BCUT2D eigenvalue weighted by atomic mass is 19.1. The van der Waals surface area contributed by atoms with Gasteiger partial charge in [0.25, 0.3) is 5.91 Å². The van der Waals surface area contributed by atoms with E-state index in [0.29, 0.717) is 23.9 Å². The second-order valence-corrected chi connectivity index (χ2v) is 10.00. The SMILES string of the molecule is CC(C)(C)c1nccc(Nc2nc(Nc3cc4c(cc3F)CNCC4)ncc2C(=O)NC2CC2)n1. The molecule has 35 heavy (non-hydrogen) atoms. The van der Waals surface area contributed by atoms with Gasteiger partial charge >= 0.3 is 0 Å². The van der Waals surface area contributed by atoms with Crippen molar-refractivity contribution in [3.05, 3.63) is 58.9 Å². The highest BCUT2D eigenvalue weighted by Crippen LogP contribution is 2.27. The molecule has 3 heterocycles. The van der Waals surface area contributed by atoms with E-state index in [4.69, 9.17) is 0 Å². The molecule has 2 aliphatic rings. The third kappa shape index (κ3) is 5.37. The number of carbonyl (C=O) groups is 1. The number of aromatic nitrogens is 4. The molecular formula is C25H29FN8O. The third-order valence-electron chi connectivity index (χ3n) is 5.94. The van der Waals surface area contributed by atoms with Gasteiger partial charge in [0.1, 0.15) is 28.8 Å². The van der Waals surface area contributed by atoms with Crippen molar-refractivity contribution in [3.8, 4) is 0 Å². The first kappa shape index (κ1) is 23.1. The maximum atomic E-state index is 14.8. The van der Waals surface area contributed by atoms with E-state index in [1.54, 1.807) is 18.3 Å². The molecule has 5 rings (SSSR count). The Labute approximate surface area is 203 Å². The number of benzene rings is 1. The summed E-state index contributed by atoms with van der Waals surface area (Å²) < 4.78 is 14.8. The number of hydrogen-bond acceptors (Lipinski definition) is 8. The predicted octanol–water partition coefficient (Wildman–Crippen LogP) is 3.73. The minimum Gasteiger partial charge on any atom is -0.349 e. The molecule has 182 valence electrons. The lowest BCUT2D eigenvalue weighted by Crippen LogP contribution is -2.27. The van der Waals surface area contributed by atoms with E-state index in [0.717, 1.165) is 36.9 Å². The smallest absolute Gasteiger partial charge is 0.256 e. The highest BCUT2D eigenvalue weighted by Gasteiger charge is 2.26. The van der Waals surface area contributed by atoms with E-state index >= 15 is 0 Å². The van der Waals surface area contributed by atoms with Crippen LogP contribution in [0.5, 0.6) is 0 Å². The zero-order valence-corrected chi connectivity index (χ0v) is 20.1. The molecule has 0 bridgehead atoms. The van der Waals surface area contributed by atoms with Crippen LogP contribution in [0.2, 0.25) is 0 Å². The van der Waals surface area contributed by atoms with Crippen molar-refractivity contribution in [1.82, 2.24) is 30.6 Å².